The Morgan fingerprint density at radius 2 is 2.44 bits per heavy atom. The molecule has 16 heavy (non-hydrogen) atoms. The summed E-state index contributed by atoms with van der Waals surface area (Å²) < 4.78 is 18.9. The Morgan fingerprint density at radius 3 is 3.25 bits per heavy atom. The molecule has 3 rings (SSSR count). The Balaban J connectivity index is 2.10. The first-order valence-corrected chi connectivity index (χ1v) is 5.82. The van der Waals surface area contributed by atoms with Crippen molar-refractivity contribution in [2.45, 2.75) is 18.1 Å². The van der Waals surface area contributed by atoms with E-state index in [0.717, 1.165) is 22.7 Å². The quantitative estimate of drug-likeness (QED) is 0.815. The van der Waals surface area contributed by atoms with E-state index in [9.17, 15) is 4.39 Å². The van der Waals surface area contributed by atoms with E-state index in [1.165, 1.54) is 0 Å². The minimum absolute atomic E-state index is 0.0833. The lowest BCUT2D eigenvalue weighted by atomic mass is 9.81. The zero-order valence-corrected chi connectivity index (χ0v) is 9.56. The largest absolute Gasteiger partial charge is 0.365 e. The first kappa shape index (κ1) is 10.5. The van der Waals surface area contributed by atoms with Crippen LogP contribution in [0, 0.1) is 0 Å². The third-order valence-electron chi connectivity index (χ3n) is 3.67. The molecule has 2 aliphatic rings. The van der Waals surface area contributed by atoms with Crippen molar-refractivity contribution in [3.05, 3.63) is 34.3 Å². The molecule has 0 spiro atoms. The van der Waals surface area contributed by atoms with E-state index >= 15 is 0 Å². The summed E-state index contributed by atoms with van der Waals surface area (Å²) in [6, 6.07) is 5.81. The number of alkyl halides is 1. The van der Waals surface area contributed by atoms with Crippen molar-refractivity contribution in [1.29, 1.82) is 0 Å². The molecule has 2 heterocycles. The molecule has 2 nitrogen and oxygen atoms in total. The van der Waals surface area contributed by atoms with Gasteiger partial charge in [0, 0.05) is 24.0 Å². The second-order valence-electron chi connectivity index (χ2n) is 4.48. The van der Waals surface area contributed by atoms with E-state index in [2.05, 4.69) is 5.32 Å². The predicted octanol–water partition coefficient (Wildman–Crippen LogP) is 2.27. The van der Waals surface area contributed by atoms with Gasteiger partial charge in [-0.05, 0) is 17.2 Å². The lowest BCUT2D eigenvalue weighted by Gasteiger charge is -2.38. The van der Waals surface area contributed by atoms with Crippen molar-refractivity contribution in [3.8, 4) is 0 Å². The Morgan fingerprint density at radius 1 is 1.56 bits per heavy atom. The minimum atomic E-state index is -0.669. The molecule has 4 heteroatoms. The van der Waals surface area contributed by atoms with Gasteiger partial charge in [-0.3, -0.25) is 0 Å². The molecule has 1 aromatic rings. The summed E-state index contributed by atoms with van der Waals surface area (Å²) in [7, 11) is 0. The molecule has 1 fully saturated rings. The fraction of sp³-hybridized carbons (Fsp3) is 0.500. The number of hydrogen-bond acceptors (Lipinski definition) is 2. The highest BCUT2D eigenvalue weighted by Crippen LogP contribution is 2.43. The summed E-state index contributed by atoms with van der Waals surface area (Å²) in [5.74, 6) is 0.0833. The van der Waals surface area contributed by atoms with E-state index in [4.69, 9.17) is 16.3 Å². The van der Waals surface area contributed by atoms with Crippen LogP contribution in [0.3, 0.4) is 0 Å². The van der Waals surface area contributed by atoms with E-state index < -0.39 is 12.3 Å². The van der Waals surface area contributed by atoms with E-state index in [1.807, 2.05) is 18.2 Å². The SMILES string of the molecule is FCC12CNC[C@H]1c1cccc(Cl)c1CO2. The van der Waals surface area contributed by atoms with Crippen molar-refractivity contribution in [2.24, 2.45) is 0 Å². The molecule has 1 N–H and O–H groups in total. The van der Waals surface area contributed by atoms with Crippen LogP contribution >= 0.6 is 11.6 Å². The van der Waals surface area contributed by atoms with E-state index in [0.29, 0.717) is 13.2 Å². The predicted molar refractivity (Wildman–Crippen MR) is 60.6 cm³/mol. The number of fused-ring (bicyclic) bond motifs is 3. The van der Waals surface area contributed by atoms with Gasteiger partial charge in [-0.2, -0.15) is 0 Å². The summed E-state index contributed by atoms with van der Waals surface area (Å²) in [6.07, 6.45) is 0. The number of hydrogen-bond donors (Lipinski definition) is 1. The van der Waals surface area contributed by atoms with Gasteiger partial charge >= 0.3 is 0 Å². The Labute approximate surface area is 98.7 Å². The van der Waals surface area contributed by atoms with Crippen LogP contribution in [0.25, 0.3) is 0 Å². The molecule has 1 aromatic carbocycles. The van der Waals surface area contributed by atoms with Crippen LogP contribution in [0.1, 0.15) is 17.0 Å². The third-order valence-corrected chi connectivity index (χ3v) is 4.02. The molecule has 0 radical (unpaired) electrons. The lowest BCUT2D eigenvalue weighted by Crippen LogP contribution is -2.45. The average molecular weight is 242 g/mol. The molecule has 0 amide bonds. The van der Waals surface area contributed by atoms with Crippen molar-refractivity contribution >= 4 is 11.6 Å². The third kappa shape index (κ3) is 1.32. The van der Waals surface area contributed by atoms with Crippen LogP contribution < -0.4 is 5.32 Å². The first-order chi connectivity index (χ1) is 7.77. The number of rotatable bonds is 1. The van der Waals surface area contributed by atoms with Gasteiger partial charge in [-0.25, -0.2) is 4.39 Å². The second kappa shape index (κ2) is 3.69. The van der Waals surface area contributed by atoms with Crippen LogP contribution in [-0.4, -0.2) is 25.4 Å². The standard InChI is InChI=1S/C12H13ClFNO/c13-11-3-1-2-8-9(11)5-16-12(6-14)7-15-4-10(8)12/h1-3,10,15H,4-7H2/t10-,12?/m0/s1. The smallest absolute Gasteiger partial charge is 0.120 e. The summed E-state index contributed by atoms with van der Waals surface area (Å²) in [6.45, 7) is 1.31. The zero-order valence-electron chi connectivity index (χ0n) is 8.80. The number of nitrogens with one attached hydrogen (secondary N) is 1. The fourth-order valence-corrected chi connectivity index (χ4v) is 2.97. The Kier molecular flexibility index (Phi) is 2.42. The van der Waals surface area contributed by atoms with E-state index in [1.54, 1.807) is 0 Å². The maximum atomic E-state index is 13.2. The lowest BCUT2D eigenvalue weighted by molar-refractivity contribution is -0.0789. The molecule has 0 saturated carbocycles. The van der Waals surface area contributed by atoms with Crippen LogP contribution in [-0.2, 0) is 11.3 Å². The first-order valence-electron chi connectivity index (χ1n) is 5.45. The fourth-order valence-electron chi connectivity index (χ4n) is 2.73. The highest BCUT2D eigenvalue weighted by atomic mass is 35.5. The van der Waals surface area contributed by atoms with Gasteiger partial charge in [0.25, 0.3) is 0 Å². The molecule has 1 saturated heterocycles. The van der Waals surface area contributed by atoms with Crippen molar-refractivity contribution in [3.63, 3.8) is 0 Å². The van der Waals surface area contributed by atoms with Crippen LogP contribution in [0.5, 0.6) is 0 Å². The summed E-state index contributed by atoms with van der Waals surface area (Å²) in [5, 5.41) is 3.93. The molecule has 86 valence electrons. The van der Waals surface area contributed by atoms with Gasteiger partial charge in [-0.15, -0.1) is 0 Å². The zero-order chi connectivity index (χ0) is 11.2. The van der Waals surface area contributed by atoms with Gasteiger partial charge in [0.05, 0.1) is 6.61 Å². The molecule has 1 unspecified atom stereocenters. The number of benzene rings is 1. The maximum Gasteiger partial charge on any atom is 0.120 e. The van der Waals surface area contributed by atoms with Gasteiger partial charge < -0.3 is 10.1 Å². The molecule has 2 aliphatic heterocycles. The van der Waals surface area contributed by atoms with Gasteiger partial charge in [0.2, 0.25) is 0 Å². The van der Waals surface area contributed by atoms with Crippen molar-refractivity contribution in [2.75, 3.05) is 19.8 Å². The van der Waals surface area contributed by atoms with Gasteiger partial charge in [-0.1, -0.05) is 23.7 Å². The van der Waals surface area contributed by atoms with E-state index in [-0.39, 0.29) is 5.92 Å². The van der Waals surface area contributed by atoms with Crippen LogP contribution in [0.4, 0.5) is 4.39 Å². The van der Waals surface area contributed by atoms with Crippen molar-refractivity contribution in [1.82, 2.24) is 5.32 Å². The molecule has 0 bridgehead atoms. The van der Waals surface area contributed by atoms with Gasteiger partial charge in [0.1, 0.15) is 12.3 Å². The average Bonchev–Trinajstić information content (AvgIpc) is 2.74. The highest BCUT2D eigenvalue weighted by Gasteiger charge is 2.48. The topological polar surface area (TPSA) is 21.3 Å². The summed E-state index contributed by atoms with van der Waals surface area (Å²) >= 11 is 6.13. The summed E-state index contributed by atoms with van der Waals surface area (Å²) in [5.41, 5.74) is 1.49. The molecule has 2 atom stereocenters. The highest BCUT2D eigenvalue weighted by molar-refractivity contribution is 6.31. The number of ether oxygens (including phenoxy) is 1. The Hall–Kier alpha value is -0.640. The second-order valence-corrected chi connectivity index (χ2v) is 4.89. The normalized spacial score (nSPS) is 32.2. The van der Waals surface area contributed by atoms with Crippen LogP contribution in [0.15, 0.2) is 18.2 Å². The monoisotopic (exact) mass is 241 g/mol. The van der Waals surface area contributed by atoms with Crippen LogP contribution in [0.2, 0.25) is 5.02 Å². The maximum absolute atomic E-state index is 13.2. The molecule has 0 aromatic heterocycles. The summed E-state index contributed by atoms with van der Waals surface area (Å²) in [4.78, 5) is 0. The van der Waals surface area contributed by atoms with Crippen molar-refractivity contribution < 1.29 is 9.13 Å². The minimum Gasteiger partial charge on any atom is -0.365 e. The Bertz CT molecular complexity index is 425. The molecule has 0 aliphatic carbocycles. The number of halogens is 2. The molecular weight excluding hydrogens is 229 g/mol. The molecular formula is C12H13ClFNO. The van der Waals surface area contributed by atoms with Gasteiger partial charge in [0.15, 0.2) is 0 Å².